The zero-order valence-electron chi connectivity index (χ0n) is 13.5. The van der Waals surface area contributed by atoms with Gasteiger partial charge in [0.2, 0.25) is 0 Å². The summed E-state index contributed by atoms with van der Waals surface area (Å²) in [5.74, 6) is -0.436. The van der Waals surface area contributed by atoms with Crippen molar-refractivity contribution in [3.8, 4) is 5.82 Å². The molecule has 0 saturated heterocycles. The van der Waals surface area contributed by atoms with Crippen molar-refractivity contribution in [1.29, 1.82) is 0 Å². The van der Waals surface area contributed by atoms with Gasteiger partial charge in [-0.05, 0) is 40.2 Å². The number of halogens is 2. The number of rotatable bonds is 4. The number of carbonyl (C=O) groups is 2. The Balaban J connectivity index is 1.98. The van der Waals surface area contributed by atoms with E-state index in [0.29, 0.717) is 26.7 Å². The number of nitrogens with zero attached hydrogens (tertiary/aromatic N) is 3. The quantitative estimate of drug-likeness (QED) is 0.659. The molecule has 3 rings (SSSR count). The van der Waals surface area contributed by atoms with Crippen LogP contribution >= 0.6 is 27.5 Å². The number of carbonyl (C=O) groups excluding carboxylic acids is 2. The second-order valence-corrected chi connectivity index (χ2v) is 6.37. The Morgan fingerprint density at radius 1 is 1.15 bits per heavy atom. The third-order valence-electron chi connectivity index (χ3n) is 3.50. The van der Waals surface area contributed by atoms with Gasteiger partial charge < -0.3 is 10.6 Å². The molecule has 0 fully saturated rings. The molecule has 2 N–H and O–H groups in total. The molecular weight excluding hydrogens is 422 g/mol. The number of pyridine rings is 1. The number of nitrogens with one attached hydrogen (secondary N) is 2. The molecule has 132 valence electrons. The third-order valence-corrected chi connectivity index (χ3v) is 4.18. The molecule has 0 aliphatic carbocycles. The van der Waals surface area contributed by atoms with E-state index in [1.807, 2.05) is 0 Å². The van der Waals surface area contributed by atoms with Crippen LogP contribution in [0.1, 0.15) is 20.8 Å². The number of hydrogen-bond acceptors (Lipinski definition) is 4. The number of amides is 2. The molecule has 2 amide bonds. The van der Waals surface area contributed by atoms with Crippen molar-refractivity contribution >= 4 is 45.0 Å². The van der Waals surface area contributed by atoms with Crippen LogP contribution in [0.5, 0.6) is 0 Å². The molecule has 0 saturated carbocycles. The lowest BCUT2D eigenvalue weighted by molar-refractivity contribution is 0.0964. The lowest BCUT2D eigenvalue weighted by Crippen LogP contribution is -2.22. The summed E-state index contributed by atoms with van der Waals surface area (Å²) in [6.45, 7) is 0. The summed E-state index contributed by atoms with van der Waals surface area (Å²) in [6, 6.07) is 11.6. The molecule has 9 heteroatoms. The minimum absolute atomic E-state index is 0.212. The fourth-order valence-corrected chi connectivity index (χ4v) is 2.90. The van der Waals surface area contributed by atoms with Crippen molar-refractivity contribution in [2.24, 2.45) is 0 Å². The molecule has 2 heterocycles. The van der Waals surface area contributed by atoms with E-state index in [4.69, 9.17) is 11.6 Å². The van der Waals surface area contributed by atoms with Crippen LogP contribution in [0.15, 0.2) is 53.3 Å². The van der Waals surface area contributed by atoms with E-state index < -0.39 is 5.91 Å². The fourth-order valence-electron chi connectivity index (χ4n) is 2.32. The van der Waals surface area contributed by atoms with E-state index in [9.17, 15) is 9.59 Å². The molecule has 2 aromatic heterocycles. The van der Waals surface area contributed by atoms with Crippen molar-refractivity contribution in [3.63, 3.8) is 0 Å². The summed E-state index contributed by atoms with van der Waals surface area (Å²) < 4.78 is 1.79. The second-order valence-electron chi connectivity index (χ2n) is 5.15. The van der Waals surface area contributed by atoms with Crippen LogP contribution < -0.4 is 10.6 Å². The van der Waals surface area contributed by atoms with E-state index in [2.05, 4.69) is 36.6 Å². The lowest BCUT2D eigenvalue weighted by atomic mass is 10.1. The molecule has 0 radical (unpaired) electrons. The van der Waals surface area contributed by atoms with Crippen LogP contribution in [0, 0.1) is 0 Å². The number of para-hydroxylation sites is 1. The Morgan fingerprint density at radius 2 is 1.92 bits per heavy atom. The van der Waals surface area contributed by atoms with Crippen molar-refractivity contribution in [2.75, 3.05) is 12.4 Å². The van der Waals surface area contributed by atoms with Gasteiger partial charge in [0, 0.05) is 19.3 Å². The Hall–Kier alpha value is -2.71. The normalized spacial score (nSPS) is 10.4. The molecular formula is C17H13BrClN5O2. The highest BCUT2D eigenvalue weighted by Gasteiger charge is 2.20. The van der Waals surface area contributed by atoms with Crippen LogP contribution in [0.4, 0.5) is 5.69 Å². The molecule has 7 nitrogen and oxygen atoms in total. The van der Waals surface area contributed by atoms with Gasteiger partial charge in [0.15, 0.2) is 5.82 Å². The van der Waals surface area contributed by atoms with Crippen molar-refractivity contribution < 1.29 is 9.59 Å². The van der Waals surface area contributed by atoms with Crippen molar-refractivity contribution in [1.82, 2.24) is 20.1 Å². The standard InChI is InChI=1S/C17H13BrClN5O2/c1-20-16(25)10-5-2-3-7-12(10)22-17(26)13-9-14(18)23-24(13)15-11(19)6-4-8-21-15/h2-9H,1H3,(H,20,25)(H,22,26). The maximum absolute atomic E-state index is 12.8. The average molecular weight is 435 g/mol. The first-order valence-electron chi connectivity index (χ1n) is 7.50. The van der Waals surface area contributed by atoms with Gasteiger partial charge in [0.05, 0.1) is 16.3 Å². The maximum Gasteiger partial charge on any atom is 0.274 e. The molecule has 26 heavy (non-hydrogen) atoms. The molecule has 0 atom stereocenters. The first-order chi connectivity index (χ1) is 12.5. The van der Waals surface area contributed by atoms with Crippen LogP contribution in [0.25, 0.3) is 5.82 Å². The summed E-state index contributed by atoms with van der Waals surface area (Å²) in [6.07, 6.45) is 1.55. The van der Waals surface area contributed by atoms with Gasteiger partial charge in [0.1, 0.15) is 10.3 Å². The van der Waals surface area contributed by atoms with Crippen LogP contribution in [-0.4, -0.2) is 33.6 Å². The minimum atomic E-state index is -0.457. The van der Waals surface area contributed by atoms with Gasteiger partial charge in [-0.1, -0.05) is 23.7 Å². The third kappa shape index (κ3) is 3.61. The molecule has 0 spiro atoms. The molecule has 0 unspecified atom stereocenters. The van der Waals surface area contributed by atoms with E-state index in [-0.39, 0.29) is 11.6 Å². The van der Waals surface area contributed by atoms with Crippen LogP contribution in [0.2, 0.25) is 5.02 Å². The lowest BCUT2D eigenvalue weighted by Gasteiger charge is -2.11. The van der Waals surface area contributed by atoms with Gasteiger partial charge >= 0.3 is 0 Å². The summed E-state index contributed by atoms with van der Waals surface area (Å²) in [7, 11) is 1.52. The molecule has 3 aromatic rings. The molecule has 0 aliphatic heterocycles. The van der Waals surface area contributed by atoms with Gasteiger partial charge in [-0.2, -0.15) is 5.10 Å². The van der Waals surface area contributed by atoms with Crippen LogP contribution in [-0.2, 0) is 0 Å². The topological polar surface area (TPSA) is 88.9 Å². The maximum atomic E-state index is 12.8. The summed E-state index contributed by atoms with van der Waals surface area (Å²) in [5.41, 5.74) is 0.946. The first kappa shape index (κ1) is 18.1. The predicted octanol–water partition coefficient (Wildman–Crippen LogP) is 3.30. The highest BCUT2D eigenvalue weighted by Crippen LogP contribution is 2.23. The summed E-state index contributed by atoms with van der Waals surface area (Å²) in [5, 5.41) is 9.85. The van der Waals surface area contributed by atoms with E-state index in [0.717, 1.165) is 0 Å². The minimum Gasteiger partial charge on any atom is -0.355 e. The van der Waals surface area contributed by atoms with E-state index in [1.165, 1.54) is 11.7 Å². The van der Waals surface area contributed by atoms with Gasteiger partial charge in [-0.3, -0.25) is 9.59 Å². The zero-order chi connectivity index (χ0) is 18.7. The molecule has 0 bridgehead atoms. The van der Waals surface area contributed by atoms with Crippen molar-refractivity contribution in [2.45, 2.75) is 0 Å². The Bertz CT molecular complexity index is 989. The Kier molecular flexibility index (Phi) is 5.34. The first-order valence-corrected chi connectivity index (χ1v) is 8.67. The average Bonchev–Trinajstić information content (AvgIpc) is 3.03. The number of hydrogen-bond donors (Lipinski definition) is 2. The van der Waals surface area contributed by atoms with Gasteiger partial charge in [-0.25, -0.2) is 9.67 Å². The molecule has 1 aromatic carbocycles. The van der Waals surface area contributed by atoms with E-state index in [1.54, 1.807) is 48.7 Å². The summed E-state index contributed by atoms with van der Waals surface area (Å²) >= 11 is 9.43. The monoisotopic (exact) mass is 433 g/mol. The SMILES string of the molecule is CNC(=O)c1ccccc1NC(=O)c1cc(Br)nn1-c1ncccc1Cl. The predicted molar refractivity (Wildman–Crippen MR) is 102 cm³/mol. The zero-order valence-corrected chi connectivity index (χ0v) is 15.9. The number of anilines is 1. The highest BCUT2D eigenvalue weighted by atomic mass is 79.9. The fraction of sp³-hybridized carbons (Fsp3) is 0.0588. The Morgan fingerprint density at radius 3 is 2.65 bits per heavy atom. The summed E-state index contributed by atoms with van der Waals surface area (Å²) in [4.78, 5) is 28.9. The van der Waals surface area contributed by atoms with Crippen LogP contribution in [0.3, 0.4) is 0 Å². The highest BCUT2D eigenvalue weighted by molar-refractivity contribution is 9.10. The van der Waals surface area contributed by atoms with Gasteiger partial charge in [-0.15, -0.1) is 0 Å². The number of aromatic nitrogens is 3. The molecule has 0 aliphatic rings. The van der Waals surface area contributed by atoms with Gasteiger partial charge in [0.25, 0.3) is 11.8 Å². The number of benzene rings is 1. The second kappa shape index (κ2) is 7.67. The van der Waals surface area contributed by atoms with Crippen molar-refractivity contribution in [3.05, 3.63) is 69.5 Å². The smallest absolute Gasteiger partial charge is 0.274 e. The Labute approximate surface area is 162 Å². The van der Waals surface area contributed by atoms with E-state index >= 15 is 0 Å². The largest absolute Gasteiger partial charge is 0.355 e.